The molecule has 1 N–H and O–H groups in total. The zero-order chi connectivity index (χ0) is 13.2. The number of aromatic nitrogens is 4. The molecule has 1 aliphatic heterocycles. The molecule has 1 unspecified atom stereocenters. The Morgan fingerprint density at radius 2 is 2.37 bits per heavy atom. The smallest absolute Gasteiger partial charge is 0.255 e. The molecule has 1 aliphatic rings. The zero-order valence-corrected chi connectivity index (χ0v) is 11.3. The van der Waals surface area contributed by atoms with Gasteiger partial charge in [0.05, 0.1) is 0 Å². The number of aliphatic hydroxyl groups is 1. The van der Waals surface area contributed by atoms with Gasteiger partial charge in [-0.05, 0) is 25.2 Å². The number of nitrogens with zero attached hydrogens (tertiary/aromatic N) is 5. The van der Waals surface area contributed by atoms with E-state index in [1.54, 1.807) is 4.52 Å². The lowest BCUT2D eigenvalue weighted by molar-refractivity contribution is 0.244. The fourth-order valence-electron chi connectivity index (χ4n) is 2.69. The molecule has 0 bridgehead atoms. The highest BCUT2D eigenvalue weighted by atomic mass is 35.5. The van der Waals surface area contributed by atoms with Gasteiger partial charge in [0.2, 0.25) is 0 Å². The molecule has 2 aromatic heterocycles. The Morgan fingerprint density at radius 1 is 1.47 bits per heavy atom. The van der Waals surface area contributed by atoms with E-state index >= 15 is 0 Å². The van der Waals surface area contributed by atoms with E-state index in [1.807, 2.05) is 6.07 Å². The standard InChI is InChI=1S/C12H16ClN5O/c13-10-6-11(18-12(16-10)14-8-15-18)17-4-1-2-9(7-17)3-5-19/h6,8-9,19H,1-5,7H2. The van der Waals surface area contributed by atoms with Crippen molar-refractivity contribution in [1.29, 1.82) is 0 Å². The summed E-state index contributed by atoms with van der Waals surface area (Å²) in [5.41, 5.74) is 0. The Bertz CT molecular complexity index is 570. The van der Waals surface area contributed by atoms with Gasteiger partial charge in [-0.3, -0.25) is 0 Å². The van der Waals surface area contributed by atoms with E-state index in [9.17, 15) is 0 Å². The van der Waals surface area contributed by atoms with Crippen LogP contribution in [0.4, 0.5) is 5.82 Å². The van der Waals surface area contributed by atoms with Crippen LogP contribution in [0.25, 0.3) is 5.78 Å². The third-order valence-electron chi connectivity index (χ3n) is 3.58. The minimum Gasteiger partial charge on any atom is -0.396 e. The van der Waals surface area contributed by atoms with Crippen LogP contribution in [0, 0.1) is 5.92 Å². The van der Waals surface area contributed by atoms with Gasteiger partial charge in [0.15, 0.2) is 0 Å². The molecule has 0 amide bonds. The second kappa shape index (κ2) is 5.30. The molecule has 0 spiro atoms. The first-order valence-corrected chi connectivity index (χ1v) is 6.88. The Labute approximate surface area is 116 Å². The lowest BCUT2D eigenvalue weighted by Gasteiger charge is -2.34. The van der Waals surface area contributed by atoms with Crippen molar-refractivity contribution in [2.75, 3.05) is 24.6 Å². The predicted molar refractivity (Wildman–Crippen MR) is 72.4 cm³/mol. The maximum Gasteiger partial charge on any atom is 0.255 e. The first-order valence-electron chi connectivity index (χ1n) is 6.50. The quantitative estimate of drug-likeness (QED) is 0.861. The normalized spacial score (nSPS) is 20.1. The van der Waals surface area contributed by atoms with Gasteiger partial charge in [-0.1, -0.05) is 11.6 Å². The monoisotopic (exact) mass is 281 g/mol. The summed E-state index contributed by atoms with van der Waals surface area (Å²) in [6, 6.07) is 1.82. The first kappa shape index (κ1) is 12.6. The molecule has 3 heterocycles. The van der Waals surface area contributed by atoms with Crippen LogP contribution in [0.15, 0.2) is 12.4 Å². The van der Waals surface area contributed by atoms with E-state index in [0.717, 1.165) is 38.2 Å². The van der Waals surface area contributed by atoms with Crippen LogP contribution in [0.3, 0.4) is 0 Å². The van der Waals surface area contributed by atoms with Crippen LogP contribution in [0.5, 0.6) is 0 Å². The molecule has 7 heteroatoms. The number of rotatable bonds is 3. The van der Waals surface area contributed by atoms with Crippen LogP contribution in [0.2, 0.25) is 5.15 Å². The van der Waals surface area contributed by atoms with Gasteiger partial charge in [0.25, 0.3) is 5.78 Å². The maximum atomic E-state index is 9.08. The SMILES string of the molecule is OCCC1CCCN(c2cc(Cl)nc3ncnn23)C1. The molecule has 1 saturated heterocycles. The highest BCUT2D eigenvalue weighted by Gasteiger charge is 2.22. The number of aliphatic hydroxyl groups excluding tert-OH is 1. The third-order valence-corrected chi connectivity index (χ3v) is 3.78. The molecule has 6 nitrogen and oxygen atoms in total. The number of fused-ring (bicyclic) bond motifs is 1. The number of piperidine rings is 1. The molecule has 1 fully saturated rings. The summed E-state index contributed by atoms with van der Waals surface area (Å²) < 4.78 is 1.72. The van der Waals surface area contributed by atoms with Crippen molar-refractivity contribution in [3.8, 4) is 0 Å². The highest BCUT2D eigenvalue weighted by Crippen LogP contribution is 2.26. The first-order chi connectivity index (χ1) is 9.28. The van der Waals surface area contributed by atoms with Crippen molar-refractivity contribution in [2.24, 2.45) is 5.92 Å². The molecule has 2 aromatic rings. The summed E-state index contributed by atoms with van der Waals surface area (Å²) in [7, 11) is 0. The lowest BCUT2D eigenvalue weighted by Crippen LogP contribution is -2.37. The second-order valence-electron chi connectivity index (χ2n) is 4.88. The lowest BCUT2D eigenvalue weighted by atomic mass is 9.95. The average molecular weight is 282 g/mol. The van der Waals surface area contributed by atoms with Gasteiger partial charge < -0.3 is 10.0 Å². The summed E-state index contributed by atoms with van der Waals surface area (Å²) in [5, 5.41) is 13.7. The van der Waals surface area contributed by atoms with Crippen LogP contribution in [-0.2, 0) is 0 Å². The minimum absolute atomic E-state index is 0.244. The van der Waals surface area contributed by atoms with Gasteiger partial charge in [0.1, 0.15) is 17.3 Å². The van der Waals surface area contributed by atoms with E-state index in [2.05, 4.69) is 20.0 Å². The van der Waals surface area contributed by atoms with Crippen LogP contribution >= 0.6 is 11.6 Å². The molecule has 0 saturated carbocycles. The molecule has 3 rings (SSSR count). The van der Waals surface area contributed by atoms with E-state index in [4.69, 9.17) is 16.7 Å². The Balaban J connectivity index is 1.92. The molecule has 19 heavy (non-hydrogen) atoms. The Hall–Kier alpha value is -1.40. The highest BCUT2D eigenvalue weighted by molar-refractivity contribution is 6.29. The van der Waals surface area contributed by atoms with E-state index < -0.39 is 0 Å². The topological polar surface area (TPSA) is 66.5 Å². The summed E-state index contributed by atoms with van der Waals surface area (Å²) in [6.45, 7) is 2.13. The number of hydrogen-bond acceptors (Lipinski definition) is 5. The van der Waals surface area contributed by atoms with Gasteiger partial charge in [-0.25, -0.2) is 0 Å². The van der Waals surface area contributed by atoms with E-state index in [0.29, 0.717) is 16.8 Å². The van der Waals surface area contributed by atoms with Crippen LogP contribution in [0.1, 0.15) is 19.3 Å². The molecule has 1 atom stereocenters. The summed E-state index contributed by atoms with van der Waals surface area (Å²) >= 11 is 6.04. The maximum absolute atomic E-state index is 9.08. The van der Waals surface area contributed by atoms with Crippen molar-refractivity contribution in [1.82, 2.24) is 19.6 Å². The Kier molecular flexibility index (Phi) is 3.52. The molecule has 0 aliphatic carbocycles. The molecular weight excluding hydrogens is 266 g/mol. The fraction of sp³-hybridized carbons (Fsp3) is 0.583. The van der Waals surface area contributed by atoms with Crippen molar-refractivity contribution in [3.63, 3.8) is 0 Å². The van der Waals surface area contributed by atoms with Crippen molar-refractivity contribution in [3.05, 3.63) is 17.5 Å². The molecule has 0 aromatic carbocycles. The summed E-state index contributed by atoms with van der Waals surface area (Å²) in [5.74, 6) is 1.96. The van der Waals surface area contributed by atoms with Crippen LogP contribution < -0.4 is 4.90 Å². The molecule has 102 valence electrons. The summed E-state index contributed by atoms with van der Waals surface area (Å²) in [4.78, 5) is 10.5. The third kappa shape index (κ3) is 2.50. The van der Waals surface area contributed by atoms with Gasteiger partial charge in [-0.15, -0.1) is 0 Å². The van der Waals surface area contributed by atoms with Crippen LogP contribution in [-0.4, -0.2) is 44.4 Å². The summed E-state index contributed by atoms with van der Waals surface area (Å²) in [6.07, 6.45) is 4.60. The zero-order valence-electron chi connectivity index (χ0n) is 10.5. The minimum atomic E-state index is 0.244. The number of halogens is 1. The van der Waals surface area contributed by atoms with Gasteiger partial charge in [0, 0.05) is 25.8 Å². The number of hydrogen-bond donors (Lipinski definition) is 1. The molecule has 0 radical (unpaired) electrons. The van der Waals surface area contributed by atoms with Crippen molar-refractivity contribution >= 4 is 23.2 Å². The Morgan fingerprint density at radius 3 is 3.21 bits per heavy atom. The van der Waals surface area contributed by atoms with Gasteiger partial charge >= 0.3 is 0 Å². The van der Waals surface area contributed by atoms with Crippen molar-refractivity contribution < 1.29 is 5.11 Å². The average Bonchev–Trinajstić information content (AvgIpc) is 2.86. The molecular formula is C12H16ClN5O. The van der Waals surface area contributed by atoms with E-state index in [1.165, 1.54) is 6.33 Å². The predicted octanol–water partition coefficient (Wildman–Crippen LogP) is 1.38. The fourth-order valence-corrected chi connectivity index (χ4v) is 2.86. The largest absolute Gasteiger partial charge is 0.396 e. The second-order valence-corrected chi connectivity index (χ2v) is 5.26. The van der Waals surface area contributed by atoms with E-state index in [-0.39, 0.29) is 6.61 Å². The number of anilines is 1. The van der Waals surface area contributed by atoms with Crippen molar-refractivity contribution in [2.45, 2.75) is 19.3 Å². The van der Waals surface area contributed by atoms with Gasteiger partial charge in [-0.2, -0.15) is 19.6 Å².